The molecule has 2 rings (SSSR count). The number of nitrogens with zero attached hydrogens (tertiary/aromatic N) is 2. The van der Waals surface area contributed by atoms with E-state index in [0.717, 1.165) is 0 Å². The van der Waals surface area contributed by atoms with Crippen LogP contribution >= 0.6 is 15.9 Å². The Kier molecular flexibility index (Phi) is 4.81. The van der Waals surface area contributed by atoms with Crippen molar-refractivity contribution in [3.63, 3.8) is 0 Å². The van der Waals surface area contributed by atoms with Crippen LogP contribution in [0, 0.1) is 17.0 Å². The molecule has 22 heavy (non-hydrogen) atoms. The van der Waals surface area contributed by atoms with E-state index in [1.165, 1.54) is 13.0 Å². The lowest BCUT2D eigenvalue weighted by Crippen LogP contribution is -1.93. The van der Waals surface area contributed by atoms with Crippen LogP contribution in [0.5, 0.6) is 11.5 Å². The number of hydrogen-bond acceptors (Lipinski definition) is 6. The molecule has 0 amide bonds. The molecular weight excluding hydrogens is 356 g/mol. The monoisotopic (exact) mass is 368 g/mol. The molecule has 0 saturated heterocycles. The number of rotatable bonds is 5. The van der Waals surface area contributed by atoms with Gasteiger partial charge in [0.15, 0.2) is 17.2 Å². The molecule has 0 spiro atoms. The fourth-order valence-electron chi connectivity index (χ4n) is 1.84. The van der Waals surface area contributed by atoms with Gasteiger partial charge in [-0.1, -0.05) is 11.2 Å². The lowest BCUT2D eigenvalue weighted by Gasteiger charge is -2.08. The first-order valence-electron chi connectivity index (χ1n) is 6.38. The highest BCUT2D eigenvalue weighted by atomic mass is 79.9. The van der Waals surface area contributed by atoms with Gasteiger partial charge in [0.25, 0.3) is 0 Å². The SMILES string of the molecule is CCOc1cc(/C=C\c2onc(C)c2[N+](=O)[O-])cc(Br)c1O. The molecule has 2 aromatic rings. The standard InChI is InChI=1S/C14H13BrN2O5/c1-3-21-12-7-9(6-10(15)14(12)18)4-5-11-13(17(19)20)8(2)16-22-11/h4-7,18H,3H2,1-2H3/b5-4-. The molecule has 0 aliphatic heterocycles. The summed E-state index contributed by atoms with van der Waals surface area (Å²) >= 11 is 3.23. The molecule has 0 fully saturated rings. The maximum Gasteiger partial charge on any atom is 0.338 e. The summed E-state index contributed by atoms with van der Waals surface area (Å²) in [7, 11) is 0. The number of nitro groups is 1. The van der Waals surface area contributed by atoms with Crippen LogP contribution in [0.2, 0.25) is 0 Å². The predicted molar refractivity (Wildman–Crippen MR) is 83.8 cm³/mol. The van der Waals surface area contributed by atoms with Gasteiger partial charge in [0.05, 0.1) is 16.0 Å². The van der Waals surface area contributed by atoms with E-state index >= 15 is 0 Å². The third-order valence-electron chi connectivity index (χ3n) is 2.82. The second-order valence-corrected chi connectivity index (χ2v) is 5.21. The van der Waals surface area contributed by atoms with E-state index in [2.05, 4.69) is 21.1 Å². The summed E-state index contributed by atoms with van der Waals surface area (Å²) in [5, 5.41) is 24.4. The van der Waals surface area contributed by atoms with Crippen LogP contribution in [-0.2, 0) is 0 Å². The highest BCUT2D eigenvalue weighted by molar-refractivity contribution is 9.10. The van der Waals surface area contributed by atoms with E-state index in [1.807, 2.05) is 0 Å². The van der Waals surface area contributed by atoms with Crippen LogP contribution in [0.25, 0.3) is 12.2 Å². The fraction of sp³-hybridized carbons (Fsp3) is 0.214. The van der Waals surface area contributed by atoms with Gasteiger partial charge >= 0.3 is 5.69 Å². The van der Waals surface area contributed by atoms with Gasteiger partial charge in [0.2, 0.25) is 5.76 Å². The summed E-state index contributed by atoms with van der Waals surface area (Å²) in [4.78, 5) is 10.4. The number of aromatic nitrogens is 1. The molecule has 0 unspecified atom stereocenters. The number of phenolic OH excluding ortho intramolecular Hbond substituents is 1. The molecular formula is C14H13BrN2O5. The van der Waals surface area contributed by atoms with E-state index in [-0.39, 0.29) is 22.9 Å². The van der Waals surface area contributed by atoms with Crippen molar-refractivity contribution >= 4 is 33.8 Å². The maximum absolute atomic E-state index is 11.0. The van der Waals surface area contributed by atoms with E-state index in [9.17, 15) is 15.2 Å². The number of benzene rings is 1. The number of phenols is 1. The number of ether oxygens (including phenoxy) is 1. The van der Waals surface area contributed by atoms with Gasteiger partial charge in [-0.05, 0) is 53.5 Å². The molecule has 1 aromatic carbocycles. The summed E-state index contributed by atoms with van der Waals surface area (Å²) < 4.78 is 10.7. The highest BCUT2D eigenvalue weighted by Gasteiger charge is 2.22. The lowest BCUT2D eigenvalue weighted by atomic mass is 10.1. The van der Waals surface area contributed by atoms with E-state index in [1.54, 1.807) is 25.1 Å². The first kappa shape index (κ1) is 16.0. The van der Waals surface area contributed by atoms with Gasteiger partial charge in [-0.25, -0.2) is 0 Å². The molecule has 1 aromatic heterocycles. The average Bonchev–Trinajstić information content (AvgIpc) is 2.83. The molecule has 0 atom stereocenters. The quantitative estimate of drug-likeness (QED) is 0.633. The van der Waals surface area contributed by atoms with Crippen molar-refractivity contribution in [2.24, 2.45) is 0 Å². The van der Waals surface area contributed by atoms with Gasteiger partial charge in [-0.15, -0.1) is 0 Å². The highest BCUT2D eigenvalue weighted by Crippen LogP contribution is 2.36. The second-order valence-electron chi connectivity index (χ2n) is 4.35. The summed E-state index contributed by atoms with van der Waals surface area (Å²) in [6, 6.07) is 3.28. The maximum atomic E-state index is 11.0. The Hall–Kier alpha value is -2.35. The zero-order valence-electron chi connectivity index (χ0n) is 11.9. The Balaban J connectivity index is 2.37. The Morgan fingerprint density at radius 3 is 2.86 bits per heavy atom. The average molecular weight is 369 g/mol. The summed E-state index contributed by atoms with van der Waals surface area (Å²) in [5.74, 6) is 0.380. The molecule has 1 N–H and O–H groups in total. The van der Waals surface area contributed by atoms with E-state index < -0.39 is 4.92 Å². The topological polar surface area (TPSA) is 98.6 Å². The Bertz CT molecular complexity index is 739. The third-order valence-corrected chi connectivity index (χ3v) is 3.42. The normalized spacial score (nSPS) is 11.0. The fourth-order valence-corrected chi connectivity index (χ4v) is 2.30. The van der Waals surface area contributed by atoms with Crippen molar-refractivity contribution in [3.05, 3.63) is 43.7 Å². The third kappa shape index (κ3) is 3.28. The van der Waals surface area contributed by atoms with Crippen LogP contribution in [0.15, 0.2) is 21.1 Å². The van der Waals surface area contributed by atoms with Crippen LogP contribution in [0.3, 0.4) is 0 Å². The predicted octanol–water partition coefficient (Wildman–Crippen LogP) is 3.93. The van der Waals surface area contributed by atoms with Gasteiger partial charge in [0, 0.05) is 0 Å². The smallest absolute Gasteiger partial charge is 0.338 e. The number of halogens is 1. The molecule has 7 nitrogen and oxygen atoms in total. The molecule has 8 heteroatoms. The Labute approximate surface area is 134 Å². The van der Waals surface area contributed by atoms with Gasteiger partial charge < -0.3 is 14.4 Å². The minimum absolute atomic E-state index is 0.000454. The molecule has 1 heterocycles. The second kappa shape index (κ2) is 6.61. The molecule has 0 saturated carbocycles. The van der Waals surface area contributed by atoms with Crippen LogP contribution < -0.4 is 4.74 Å². The van der Waals surface area contributed by atoms with Gasteiger partial charge in [-0.2, -0.15) is 0 Å². The first-order chi connectivity index (χ1) is 10.4. The Morgan fingerprint density at radius 1 is 1.50 bits per heavy atom. The van der Waals surface area contributed by atoms with Crippen LogP contribution in [0.4, 0.5) is 5.69 Å². The first-order valence-corrected chi connectivity index (χ1v) is 7.17. The van der Waals surface area contributed by atoms with Crippen molar-refractivity contribution in [2.75, 3.05) is 6.61 Å². The van der Waals surface area contributed by atoms with E-state index in [4.69, 9.17) is 9.26 Å². The Morgan fingerprint density at radius 2 is 2.23 bits per heavy atom. The number of aryl methyl sites for hydroxylation is 1. The minimum Gasteiger partial charge on any atom is -0.503 e. The van der Waals surface area contributed by atoms with E-state index in [0.29, 0.717) is 22.4 Å². The van der Waals surface area contributed by atoms with Crippen molar-refractivity contribution in [2.45, 2.75) is 13.8 Å². The minimum atomic E-state index is -0.538. The molecule has 116 valence electrons. The zero-order chi connectivity index (χ0) is 16.3. The van der Waals surface area contributed by atoms with Crippen molar-refractivity contribution in [3.8, 4) is 11.5 Å². The van der Waals surface area contributed by atoms with Crippen LogP contribution in [0.1, 0.15) is 23.9 Å². The van der Waals surface area contributed by atoms with Gasteiger partial charge in [-0.3, -0.25) is 10.1 Å². The molecule has 0 aliphatic rings. The zero-order valence-corrected chi connectivity index (χ0v) is 13.5. The van der Waals surface area contributed by atoms with Crippen molar-refractivity contribution < 1.29 is 19.3 Å². The summed E-state index contributed by atoms with van der Waals surface area (Å²) in [5.41, 5.74) is 0.724. The van der Waals surface area contributed by atoms with Crippen molar-refractivity contribution in [1.82, 2.24) is 5.16 Å². The summed E-state index contributed by atoms with van der Waals surface area (Å²) in [6.45, 7) is 3.71. The van der Waals surface area contributed by atoms with Crippen molar-refractivity contribution in [1.29, 1.82) is 0 Å². The molecule has 0 radical (unpaired) electrons. The molecule has 0 bridgehead atoms. The summed E-state index contributed by atoms with van der Waals surface area (Å²) in [6.07, 6.45) is 3.06. The largest absolute Gasteiger partial charge is 0.503 e. The van der Waals surface area contributed by atoms with Crippen LogP contribution in [-0.4, -0.2) is 21.8 Å². The number of hydrogen-bond donors (Lipinski definition) is 1. The number of aromatic hydroxyl groups is 1. The lowest BCUT2D eigenvalue weighted by molar-refractivity contribution is -0.386. The molecule has 0 aliphatic carbocycles. The van der Waals surface area contributed by atoms with Gasteiger partial charge in [0.1, 0.15) is 0 Å².